The molecule has 0 aliphatic heterocycles. The SMILES string of the molecule is CNC(=O)c1[nH]c2ccc(Cl)cc2c1P(=O)(O)c1ccc(F)c(F)c1. The van der Waals surface area contributed by atoms with E-state index in [0.29, 0.717) is 16.6 Å². The molecule has 0 saturated carbocycles. The Morgan fingerprint density at radius 2 is 1.92 bits per heavy atom. The summed E-state index contributed by atoms with van der Waals surface area (Å²) in [7, 11) is -3.06. The molecule has 3 aromatic rings. The first-order valence-corrected chi connectivity index (χ1v) is 9.11. The molecule has 0 saturated heterocycles. The molecule has 130 valence electrons. The minimum atomic E-state index is -4.42. The van der Waals surface area contributed by atoms with E-state index in [2.05, 4.69) is 10.3 Å². The Morgan fingerprint density at radius 1 is 1.20 bits per heavy atom. The number of fused-ring (bicyclic) bond motifs is 1. The Kier molecular flexibility index (Phi) is 4.41. The number of H-pyrrole nitrogens is 1. The molecule has 2 aromatic carbocycles. The number of carbonyl (C=O) groups excluding carboxylic acids is 1. The molecule has 0 bridgehead atoms. The molecule has 1 aromatic heterocycles. The molecule has 0 radical (unpaired) electrons. The van der Waals surface area contributed by atoms with E-state index in [1.807, 2.05) is 0 Å². The quantitative estimate of drug-likeness (QED) is 0.607. The number of hydrogen-bond donors (Lipinski definition) is 3. The third-order valence-electron chi connectivity index (χ3n) is 3.74. The fourth-order valence-corrected chi connectivity index (χ4v) is 4.52. The van der Waals surface area contributed by atoms with Crippen molar-refractivity contribution in [3.05, 3.63) is 58.7 Å². The number of carbonyl (C=O) groups is 1. The lowest BCUT2D eigenvalue weighted by Gasteiger charge is -2.13. The van der Waals surface area contributed by atoms with Gasteiger partial charge in [-0.2, -0.15) is 0 Å². The van der Waals surface area contributed by atoms with Crippen molar-refractivity contribution in [2.75, 3.05) is 7.05 Å². The fraction of sp³-hybridized carbons (Fsp3) is 0.0625. The second kappa shape index (κ2) is 6.26. The van der Waals surface area contributed by atoms with Crippen molar-refractivity contribution in [3.8, 4) is 0 Å². The Morgan fingerprint density at radius 3 is 2.56 bits per heavy atom. The summed E-state index contributed by atoms with van der Waals surface area (Å²) in [5, 5.41) is 2.37. The smallest absolute Gasteiger partial charge is 0.268 e. The first-order valence-electron chi connectivity index (χ1n) is 7.08. The summed E-state index contributed by atoms with van der Waals surface area (Å²) in [6.07, 6.45) is 0. The Bertz CT molecular complexity index is 1050. The monoisotopic (exact) mass is 384 g/mol. The van der Waals surface area contributed by atoms with Crippen molar-refractivity contribution in [3.63, 3.8) is 0 Å². The first-order chi connectivity index (χ1) is 11.8. The van der Waals surface area contributed by atoms with Gasteiger partial charge in [-0.05, 0) is 36.4 Å². The second-order valence-corrected chi connectivity index (χ2v) is 7.84. The zero-order valence-electron chi connectivity index (χ0n) is 12.8. The number of aromatic nitrogens is 1. The molecule has 3 rings (SSSR count). The standard InChI is InChI=1S/C16H12ClF2N2O3P/c1-20-16(22)14-15(10-6-8(17)2-5-13(10)21-14)25(23,24)9-3-4-11(18)12(19)7-9/h2-7,21H,1H3,(H,20,22)(H,23,24). The lowest BCUT2D eigenvalue weighted by atomic mass is 10.2. The maximum atomic E-state index is 13.5. The summed E-state index contributed by atoms with van der Waals surface area (Å²) in [4.78, 5) is 25.6. The van der Waals surface area contributed by atoms with Crippen molar-refractivity contribution >= 4 is 46.4 Å². The van der Waals surface area contributed by atoms with Crippen LogP contribution < -0.4 is 15.9 Å². The summed E-state index contributed by atoms with van der Waals surface area (Å²) in [6.45, 7) is 0. The molecular weight excluding hydrogens is 373 g/mol. The van der Waals surface area contributed by atoms with Crippen LogP contribution in [0.2, 0.25) is 5.02 Å². The zero-order chi connectivity index (χ0) is 18.4. The van der Waals surface area contributed by atoms with Crippen LogP contribution in [0.4, 0.5) is 8.78 Å². The minimum Gasteiger partial charge on any atom is -0.354 e. The molecule has 0 aliphatic carbocycles. The third-order valence-corrected chi connectivity index (χ3v) is 6.03. The van der Waals surface area contributed by atoms with Gasteiger partial charge in [-0.3, -0.25) is 9.36 Å². The van der Waals surface area contributed by atoms with Crippen LogP contribution in [0.1, 0.15) is 10.5 Å². The number of aromatic amines is 1. The van der Waals surface area contributed by atoms with Gasteiger partial charge < -0.3 is 15.2 Å². The van der Waals surface area contributed by atoms with Gasteiger partial charge in [0.15, 0.2) is 11.6 Å². The lowest BCUT2D eigenvalue weighted by Crippen LogP contribution is -2.27. The van der Waals surface area contributed by atoms with Crippen molar-refractivity contribution in [2.45, 2.75) is 0 Å². The highest BCUT2D eigenvalue weighted by atomic mass is 35.5. The van der Waals surface area contributed by atoms with Crippen LogP contribution in [0.3, 0.4) is 0 Å². The first kappa shape index (κ1) is 17.6. The van der Waals surface area contributed by atoms with Gasteiger partial charge >= 0.3 is 0 Å². The molecule has 3 N–H and O–H groups in total. The summed E-state index contributed by atoms with van der Waals surface area (Å²) >= 11 is 5.96. The van der Waals surface area contributed by atoms with Gasteiger partial charge in [-0.25, -0.2) is 8.78 Å². The molecule has 25 heavy (non-hydrogen) atoms. The fourth-order valence-electron chi connectivity index (χ4n) is 2.56. The van der Waals surface area contributed by atoms with E-state index in [-0.39, 0.29) is 21.7 Å². The molecule has 1 amide bonds. The van der Waals surface area contributed by atoms with Gasteiger partial charge in [0.25, 0.3) is 13.3 Å². The Balaban J connectivity index is 2.35. The van der Waals surface area contributed by atoms with E-state index in [9.17, 15) is 23.0 Å². The maximum Gasteiger partial charge on any atom is 0.268 e. The number of nitrogens with one attached hydrogen (secondary N) is 2. The summed E-state index contributed by atoms with van der Waals surface area (Å²) in [6, 6.07) is 6.95. The maximum absolute atomic E-state index is 13.5. The minimum absolute atomic E-state index is 0.143. The third kappa shape index (κ3) is 2.95. The molecule has 1 unspecified atom stereocenters. The van der Waals surface area contributed by atoms with E-state index in [1.54, 1.807) is 12.1 Å². The normalized spacial score (nSPS) is 13.6. The molecule has 0 spiro atoms. The van der Waals surface area contributed by atoms with Crippen LogP contribution >= 0.6 is 19.0 Å². The average molecular weight is 385 g/mol. The van der Waals surface area contributed by atoms with Gasteiger partial charge in [0.2, 0.25) is 0 Å². The van der Waals surface area contributed by atoms with E-state index >= 15 is 0 Å². The van der Waals surface area contributed by atoms with Crippen LogP contribution in [0.25, 0.3) is 10.9 Å². The van der Waals surface area contributed by atoms with Crippen molar-refractivity contribution < 1.29 is 23.0 Å². The lowest BCUT2D eigenvalue weighted by molar-refractivity contribution is 0.0960. The second-order valence-electron chi connectivity index (χ2n) is 5.29. The van der Waals surface area contributed by atoms with Crippen LogP contribution in [-0.4, -0.2) is 22.8 Å². The molecule has 1 atom stereocenters. The molecule has 0 fully saturated rings. The highest BCUT2D eigenvalue weighted by Crippen LogP contribution is 2.42. The van der Waals surface area contributed by atoms with Crippen LogP contribution in [0.5, 0.6) is 0 Å². The zero-order valence-corrected chi connectivity index (χ0v) is 14.5. The summed E-state index contributed by atoms with van der Waals surface area (Å²) < 4.78 is 39.8. The Labute approximate surface area is 146 Å². The van der Waals surface area contributed by atoms with Crippen LogP contribution in [0.15, 0.2) is 36.4 Å². The van der Waals surface area contributed by atoms with Gasteiger partial charge in [-0.1, -0.05) is 11.6 Å². The Hall–Kier alpha value is -2.21. The van der Waals surface area contributed by atoms with Gasteiger partial charge in [0, 0.05) is 28.3 Å². The largest absolute Gasteiger partial charge is 0.354 e. The van der Waals surface area contributed by atoms with E-state index < -0.39 is 24.9 Å². The predicted octanol–water partition coefficient (Wildman–Crippen LogP) is 2.68. The summed E-state index contributed by atoms with van der Waals surface area (Å²) in [5.74, 6) is -3.03. The predicted molar refractivity (Wildman–Crippen MR) is 92.2 cm³/mol. The van der Waals surface area contributed by atoms with Crippen LogP contribution in [0, 0.1) is 11.6 Å². The van der Waals surface area contributed by atoms with Gasteiger partial charge in [-0.15, -0.1) is 0 Å². The number of benzene rings is 2. The van der Waals surface area contributed by atoms with Crippen molar-refractivity contribution in [1.29, 1.82) is 0 Å². The average Bonchev–Trinajstić information content (AvgIpc) is 2.95. The molecular formula is C16H12ClF2N2O3P. The number of amides is 1. The van der Waals surface area contributed by atoms with E-state index in [1.165, 1.54) is 13.1 Å². The number of rotatable bonds is 3. The number of hydrogen-bond acceptors (Lipinski definition) is 2. The van der Waals surface area contributed by atoms with Crippen molar-refractivity contribution in [1.82, 2.24) is 10.3 Å². The van der Waals surface area contributed by atoms with Crippen molar-refractivity contribution in [2.24, 2.45) is 0 Å². The highest BCUT2D eigenvalue weighted by Gasteiger charge is 2.34. The van der Waals surface area contributed by atoms with E-state index in [0.717, 1.165) is 12.1 Å². The molecule has 9 heteroatoms. The van der Waals surface area contributed by atoms with Gasteiger partial charge in [0.1, 0.15) is 5.69 Å². The van der Waals surface area contributed by atoms with E-state index in [4.69, 9.17) is 11.6 Å². The van der Waals surface area contributed by atoms with Crippen LogP contribution in [-0.2, 0) is 4.57 Å². The molecule has 5 nitrogen and oxygen atoms in total. The topological polar surface area (TPSA) is 82.2 Å². The number of halogens is 3. The molecule has 1 heterocycles. The highest BCUT2D eigenvalue weighted by molar-refractivity contribution is 7.74. The summed E-state index contributed by atoms with van der Waals surface area (Å²) in [5.41, 5.74) is 0.269. The van der Waals surface area contributed by atoms with Gasteiger partial charge in [0.05, 0.1) is 5.30 Å². The molecule has 0 aliphatic rings.